The van der Waals surface area contributed by atoms with Crippen LogP contribution in [0.2, 0.25) is 0 Å². The lowest BCUT2D eigenvalue weighted by molar-refractivity contribution is 0.322. The Balaban J connectivity index is 1.61. The van der Waals surface area contributed by atoms with Gasteiger partial charge in [0.1, 0.15) is 18.2 Å². The number of aryl methyl sites for hydroxylation is 1. The van der Waals surface area contributed by atoms with Gasteiger partial charge in [-0.1, -0.05) is 29.8 Å². The molecule has 0 atom stereocenters. The van der Waals surface area contributed by atoms with Gasteiger partial charge in [-0.05, 0) is 49.0 Å². The van der Waals surface area contributed by atoms with Gasteiger partial charge in [0.15, 0.2) is 5.11 Å². The number of hydrogen-bond donors (Lipinski definition) is 2. The minimum atomic E-state index is -0.238. The summed E-state index contributed by atoms with van der Waals surface area (Å²) in [7, 11) is 0. The topological polar surface area (TPSA) is 33.3 Å². The molecule has 2 N–H and O–H groups in total. The van der Waals surface area contributed by atoms with Crippen molar-refractivity contribution in [3.63, 3.8) is 0 Å². The number of rotatable bonds is 6. The molecule has 116 valence electrons. The molecule has 0 saturated heterocycles. The molecule has 2 aromatic carbocycles. The largest absolute Gasteiger partial charge is 0.492 e. The predicted molar refractivity (Wildman–Crippen MR) is 90.5 cm³/mol. The van der Waals surface area contributed by atoms with E-state index in [-0.39, 0.29) is 5.82 Å². The summed E-state index contributed by atoms with van der Waals surface area (Å²) < 4.78 is 18.4. The molecule has 0 saturated carbocycles. The Hall–Kier alpha value is -2.14. The fraction of sp³-hybridized carbons (Fsp3) is 0.235. The summed E-state index contributed by atoms with van der Waals surface area (Å²) in [6.45, 7) is 3.74. The van der Waals surface area contributed by atoms with Gasteiger partial charge < -0.3 is 15.4 Å². The van der Waals surface area contributed by atoms with Gasteiger partial charge in [-0.25, -0.2) is 4.39 Å². The van der Waals surface area contributed by atoms with Crippen molar-refractivity contribution in [1.82, 2.24) is 10.6 Å². The van der Waals surface area contributed by atoms with Crippen LogP contribution < -0.4 is 15.4 Å². The molecule has 2 aromatic rings. The lowest BCUT2D eigenvalue weighted by atomic mass is 10.2. The molecule has 0 heterocycles. The maximum atomic E-state index is 12.8. The molecule has 0 radical (unpaired) electrons. The Morgan fingerprint density at radius 1 is 1.05 bits per heavy atom. The predicted octanol–water partition coefficient (Wildman–Crippen LogP) is 3.18. The highest BCUT2D eigenvalue weighted by molar-refractivity contribution is 7.80. The van der Waals surface area contributed by atoms with Crippen LogP contribution in [0.3, 0.4) is 0 Å². The van der Waals surface area contributed by atoms with Crippen LogP contribution in [0.15, 0.2) is 48.5 Å². The normalized spacial score (nSPS) is 10.1. The molecule has 0 bridgehead atoms. The fourth-order valence-corrected chi connectivity index (χ4v) is 1.99. The smallest absolute Gasteiger partial charge is 0.166 e. The van der Waals surface area contributed by atoms with Crippen molar-refractivity contribution in [2.75, 3.05) is 13.2 Å². The Bertz CT molecular complexity index is 599. The molecule has 0 aromatic heterocycles. The van der Waals surface area contributed by atoms with Crippen LogP contribution in [-0.2, 0) is 6.54 Å². The molecular formula is C17H19FN2OS. The Morgan fingerprint density at radius 2 is 1.73 bits per heavy atom. The summed E-state index contributed by atoms with van der Waals surface area (Å²) in [5.74, 6) is 0.607. The number of thiocarbonyl (C=S) groups is 1. The molecular weight excluding hydrogens is 299 g/mol. The third-order valence-corrected chi connectivity index (χ3v) is 3.33. The van der Waals surface area contributed by atoms with Crippen molar-refractivity contribution in [2.24, 2.45) is 0 Å². The molecule has 0 amide bonds. The van der Waals surface area contributed by atoms with Crippen LogP contribution in [0.4, 0.5) is 4.39 Å². The monoisotopic (exact) mass is 318 g/mol. The van der Waals surface area contributed by atoms with Crippen molar-refractivity contribution in [1.29, 1.82) is 0 Å². The van der Waals surface area contributed by atoms with Gasteiger partial charge in [0.25, 0.3) is 0 Å². The van der Waals surface area contributed by atoms with Crippen molar-refractivity contribution in [3.8, 4) is 5.75 Å². The highest BCUT2D eigenvalue weighted by Gasteiger charge is 1.98. The third-order valence-electron chi connectivity index (χ3n) is 3.04. The second kappa shape index (κ2) is 8.34. The first-order valence-electron chi connectivity index (χ1n) is 7.09. The zero-order valence-corrected chi connectivity index (χ0v) is 13.3. The maximum Gasteiger partial charge on any atom is 0.166 e. The minimum absolute atomic E-state index is 0.238. The molecule has 0 unspecified atom stereocenters. The number of ether oxygens (including phenoxy) is 1. The van der Waals surface area contributed by atoms with Crippen LogP contribution in [0.1, 0.15) is 11.1 Å². The van der Waals surface area contributed by atoms with E-state index in [2.05, 4.69) is 10.6 Å². The number of benzene rings is 2. The molecule has 5 heteroatoms. The first-order valence-corrected chi connectivity index (χ1v) is 7.50. The number of hydrogen-bond acceptors (Lipinski definition) is 2. The zero-order valence-electron chi connectivity index (χ0n) is 12.4. The van der Waals surface area contributed by atoms with Gasteiger partial charge in [-0.2, -0.15) is 0 Å². The van der Waals surface area contributed by atoms with E-state index in [0.717, 1.165) is 11.3 Å². The average Bonchev–Trinajstić information content (AvgIpc) is 2.53. The average molecular weight is 318 g/mol. The van der Waals surface area contributed by atoms with Crippen LogP contribution >= 0.6 is 12.2 Å². The van der Waals surface area contributed by atoms with Gasteiger partial charge >= 0.3 is 0 Å². The van der Waals surface area contributed by atoms with E-state index in [1.165, 1.54) is 17.7 Å². The van der Waals surface area contributed by atoms with Crippen LogP contribution in [0.25, 0.3) is 0 Å². The summed E-state index contributed by atoms with van der Waals surface area (Å²) in [4.78, 5) is 0. The van der Waals surface area contributed by atoms with Crippen LogP contribution in [-0.4, -0.2) is 18.3 Å². The first-order chi connectivity index (χ1) is 10.6. The summed E-state index contributed by atoms with van der Waals surface area (Å²) in [5.41, 5.74) is 2.18. The molecule has 0 fully saturated rings. The van der Waals surface area contributed by atoms with E-state index in [1.807, 2.05) is 31.2 Å². The summed E-state index contributed by atoms with van der Waals surface area (Å²) in [6, 6.07) is 14.2. The molecule has 0 aliphatic rings. The number of halogens is 1. The van der Waals surface area contributed by atoms with Gasteiger partial charge in [-0.15, -0.1) is 0 Å². The highest BCUT2D eigenvalue weighted by Crippen LogP contribution is 2.10. The molecule has 22 heavy (non-hydrogen) atoms. The lowest BCUT2D eigenvalue weighted by Crippen LogP contribution is -2.37. The van der Waals surface area contributed by atoms with E-state index in [4.69, 9.17) is 17.0 Å². The molecule has 3 nitrogen and oxygen atoms in total. The summed E-state index contributed by atoms with van der Waals surface area (Å²) in [5, 5.41) is 6.69. The first kappa shape index (κ1) is 16.2. The standard InChI is InChI=1S/C17H19FN2OS/c1-13-2-8-16(9-3-13)21-11-10-19-17(22)20-12-14-4-6-15(18)7-5-14/h2-9H,10-12H2,1H3,(H2,19,20,22). The highest BCUT2D eigenvalue weighted by atomic mass is 32.1. The van der Waals surface area contributed by atoms with E-state index in [1.54, 1.807) is 12.1 Å². The Labute approximate surface area is 135 Å². The van der Waals surface area contributed by atoms with E-state index in [0.29, 0.717) is 24.8 Å². The quantitative estimate of drug-likeness (QED) is 0.633. The minimum Gasteiger partial charge on any atom is -0.492 e. The molecule has 0 aliphatic carbocycles. The summed E-state index contributed by atoms with van der Waals surface area (Å²) in [6.07, 6.45) is 0. The SMILES string of the molecule is Cc1ccc(OCCNC(=S)NCc2ccc(F)cc2)cc1. The van der Waals surface area contributed by atoms with Gasteiger partial charge in [0.2, 0.25) is 0 Å². The fourth-order valence-electron chi connectivity index (χ4n) is 1.82. The molecule has 0 spiro atoms. The second-order valence-corrected chi connectivity index (χ2v) is 5.31. The van der Waals surface area contributed by atoms with Crippen LogP contribution in [0, 0.1) is 12.7 Å². The Kier molecular flexibility index (Phi) is 6.15. The van der Waals surface area contributed by atoms with Crippen LogP contribution in [0.5, 0.6) is 5.75 Å². The van der Waals surface area contributed by atoms with E-state index < -0.39 is 0 Å². The van der Waals surface area contributed by atoms with Crippen molar-refractivity contribution < 1.29 is 9.13 Å². The van der Waals surface area contributed by atoms with Gasteiger partial charge in [0.05, 0.1) is 6.54 Å². The zero-order chi connectivity index (χ0) is 15.8. The molecule has 0 aliphatic heterocycles. The second-order valence-electron chi connectivity index (χ2n) is 4.90. The van der Waals surface area contributed by atoms with E-state index >= 15 is 0 Å². The van der Waals surface area contributed by atoms with Crippen molar-refractivity contribution >= 4 is 17.3 Å². The summed E-state index contributed by atoms with van der Waals surface area (Å²) >= 11 is 5.17. The molecule has 2 rings (SSSR count). The van der Waals surface area contributed by atoms with Crippen molar-refractivity contribution in [2.45, 2.75) is 13.5 Å². The third kappa shape index (κ3) is 5.69. The van der Waals surface area contributed by atoms with Gasteiger partial charge in [-0.3, -0.25) is 0 Å². The van der Waals surface area contributed by atoms with Gasteiger partial charge in [0, 0.05) is 6.54 Å². The Morgan fingerprint density at radius 3 is 2.41 bits per heavy atom. The number of nitrogens with one attached hydrogen (secondary N) is 2. The lowest BCUT2D eigenvalue weighted by Gasteiger charge is -2.11. The van der Waals surface area contributed by atoms with E-state index in [9.17, 15) is 4.39 Å². The maximum absolute atomic E-state index is 12.8. The van der Waals surface area contributed by atoms with Crippen molar-refractivity contribution in [3.05, 3.63) is 65.5 Å².